The van der Waals surface area contributed by atoms with Crippen molar-refractivity contribution in [2.24, 2.45) is 0 Å². The molecule has 1 saturated carbocycles. The van der Waals surface area contributed by atoms with E-state index in [-0.39, 0.29) is 27.9 Å². The summed E-state index contributed by atoms with van der Waals surface area (Å²) in [5.74, 6) is -3.54. The molecular weight excluding hydrogens is 560 g/mol. The molecule has 5 N–H and O–H groups in total. The van der Waals surface area contributed by atoms with Crippen molar-refractivity contribution >= 4 is 33.9 Å². The van der Waals surface area contributed by atoms with Crippen LogP contribution < -0.4 is 21.6 Å². The topological polar surface area (TPSA) is 108 Å². The zero-order chi connectivity index (χ0) is 29.3. The number of hydrazine groups is 2. The summed E-state index contributed by atoms with van der Waals surface area (Å²) >= 11 is 6.71. The van der Waals surface area contributed by atoms with E-state index in [0.717, 1.165) is 24.1 Å². The number of nitrogens with zero attached hydrogens (tertiary/aromatic N) is 3. The second-order valence-electron chi connectivity index (χ2n) is 10.4. The van der Waals surface area contributed by atoms with Gasteiger partial charge in [0.2, 0.25) is 0 Å². The first-order valence-electron chi connectivity index (χ1n) is 13.5. The van der Waals surface area contributed by atoms with Crippen LogP contribution in [-0.4, -0.2) is 33.7 Å². The average molecular weight is 588 g/mol. The molecule has 1 aromatic heterocycles. The molecule has 42 heavy (non-hydrogen) atoms. The highest BCUT2D eigenvalue weighted by Gasteiger charge is 2.41. The lowest BCUT2D eigenvalue weighted by atomic mass is 9.99. The van der Waals surface area contributed by atoms with Gasteiger partial charge in [-0.25, -0.2) is 8.78 Å². The predicted octanol–water partition coefficient (Wildman–Crippen LogP) is 6.02. The highest BCUT2D eigenvalue weighted by Crippen LogP contribution is 2.40. The molecule has 2 atom stereocenters. The number of alkyl halides is 2. The van der Waals surface area contributed by atoms with Crippen LogP contribution in [0, 0.1) is 11.3 Å². The van der Waals surface area contributed by atoms with Crippen molar-refractivity contribution in [3.63, 3.8) is 0 Å². The summed E-state index contributed by atoms with van der Waals surface area (Å²) in [7, 11) is 0. The summed E-state index contributed by atoms with van der Waals surface area (Å²) in [6, 6.07) is 22.0. The van der Waals surface area contributed by atoms with Crippen molar-refractivity contribution in [2.75, 3.05) is 17.2 Å². The van der Waals surface area contributed by atoms with Crippen molar-refractivity contribution < 1.29 is 13.9 Å². The number of nitrogens with one attached hydrogen (secondary N) is 4. The summed E-state index contributed by atoms with van der Waals surface area (Å²) in [5.41, 5.74) is 9.74. The zero-order valence-electron chi connectivity index (χ0n) is 22.4. The van der Waals surface area contributed by atoms with E-state index >= 15 is 8.78 Å². The van der Waals surface area contributed by atoms with Crippen LogP contribution in [0.25, 0.3) is 10.9 Å². The molecule has 6 rings (SSSR count). The van der Waals surface area contributed by atoms with Crippen molar-refractivity contribution in [3.8, 4) is 6.07 Å². The van der Waals surface area contributed by atoms with Gasteiger partial charge in [0.15, 0.2) is 0 Å². The standard InChI is InChI=1S/C31H28ClF2N7O/c32-25-14-22(37-28(19-7-3-1-4-8-19)26-17-41(40-39-26)23-11-12-23)13-24-27(21(15-35)16-36-29(24)25)38-30(31(33,34)18-42)20-9-5-2-6-10-20/h1-10,13-14,16-17,23,28,30,37,39-40,42H,11-12,18H2,(H,36,38)/t28-,30-/m0/s1. The van der Waals surface area contributed by atoms with E-state index in [4.69, 9.17) is 11.6 Å². The first-order chi connectivity index (χ1) is 20.4. The first-order valence-corrected chi connectivity index (χ1v) is 13.9. The van der Waals surface area contributed by atoms with Crippen LogP contribution in [0.15, 0.2) is 90.9 Å². The van der Waals surface area contributed by atoms with Gasteiger partial charge in [-0.15, -0.1) is 5.53 Å². The second-order valence-corrected chi connectivity index (χ2v) is 10.8. The molecule has 214 valence electrons. The molecule has 3 aromatic carbocycles. The Bertz CT molecular complexity index is 1660. The number of hydrogen-bond acceptors (Lipinski definition) is 8. The fourth-order valence-electron chi connectivity index (χ4n) is 5.09. The van der Waals surface area contributed by atoms with E-state index in [0.29, 0.717) is 22.6 Å². The molecule has 11 heteroatoms. The Morgan fingerprint density at radius 3 is 2.40 bits per heavy atom. The van der Waals surface area contributed by atoms with Gasteiger partial charge in [0, 0.05) is 29.5 Å². The largest absolute Gasteiger partial charge is 0.390 e. The van der Waals surface area contributed by atoms with Crippen molar-refractivity contribution in [2.45, 2.75) is 36.9 Å². The number of pyridine rings is 1. The number of aliphatic hydroxyl groups is 1. The van der Waals surface area contributed by atoms with Gasteiger partial charge >= 0.3 is 0 Å². The molecular formula is C31H28ClF2N7O. The van der Waals surface area contributed by atoms with Crippen LogP contribution in [0.2, 0.25) is 5.02 Å². The molecule has 0 unspecified atom stereocenters. The minimum Gasteiger partial charge on any atom is -0.390 e. The van der Waals surface area contributed by atoms with Crippen LogP contribution in [0.4, 0.5) is 20.2 Å². The van der Waals surface area contributed by atoms with Crippen LogP contribution in [0.5, 0.6) is 0 Å². The SMILES string of the molecule is N#Cc1cnc2c(Cl)cc(N[C@H](C3=CN(C4CC4)NN3)c3ccccc3)cc2c1N[C@@H](c1ccccc1)C(F)(F)CO. The number of anilines is 2. The monoisotopic (exact) mass is 587 g/mol. The zero-order valence-corrected chi connectivity index (χ0v) is 23.1. The van der Waals surface area contributed by atoms with Gasteiger partial charge in [-0.2, -0.15) is 5.26 Å². The van der Waals surface area contributed by atoms with Gasteiger partial charge < -0.3 is 21.2 Å². The minimum absolute atomic E-state index is 0.0643. The number of benzene rings is 3. The molecule has 2 aliphatic rings. The summed E-state index contributed by atoms with van der Waals surface area (Å²) in [4.78, 5) is 4.37. The smallest absolute Gasteiger partial charge is 0.294 e. The lowest BCUT2D eigenvalue weighted by molar-refractivity contribution is -0.0657. The van der Waals surface area contributed by atoms with Gasteiger partial charge in [0.1, 0.15) is 18.7 Å². The van der Waals surface area contributed by atoms with E-state index in [1.165, 1.54) is 6.20 Å². The van der Waals surface area contributed by atoms with E-state index < -0.39 is 18.6 Å². The van der Waals surface area contributed by atoms with Gasteiger partial charge in [-0.3, -0.25) is 9.99 Å². The molecule has 1 fully saturated rings. The maximum Gasteiger partial charge on any atom is 0.294 e. The van der Waals surface area contributed by atoms with Crippen LogP contribution >= 0.6 is 11.6 Å². The van der Waals surface area contributed by atoms with Crippen molar-refractivity contribution in [1.82, 2.24) is 21.0 Å². The lowest BCUT2D eigenvalue weighted by Crippen LogP contribution is -2.38. The average Bonchev–Trinajstić information content (AvgIpc) is 3.75. The summed E-state index contributed by atoms with van der Waals surface area (Å²) in [6.07, 6.45) is 5.58. The normalized spacial score (nSPS) is 16.4. The van der Waals surface area contributed by atoms with E-state index in [1.54, 1.807) is 42.5 Å². The van der Waals surface area contributed by atoms with Gasteiger partial charge in [0.05, 0.1) is 33.5 Å². The summed E-state index contributed by atoms with van der Waals surface area (Å²) in [6.45, 7) is -1.38. The van der Waals surface area contributed by atoms with Crippen molar-refractivity contribution in [1.29, 1.82) is 5.26 Å². The number of aliphatic hydroxyl groups excluding tert-OH is 1. The maximum atomic E-state index is 15.1. The molecule has 0 bridgehead atoms. The molecule has 0 radical (unpaired) electrons. The number of halogens is 3. The molecule has 0 spiro atoms. The Morgan fingerprint density at radius 1 is 1.07 bits per heavy atom. The molecule has 0 amide bonds. The third-order valence-corrected chi connectivity index (χ3v) is 7.69. The lowest BCUT2D eigenvalue weighted by Gasteiger charge is -2.29. The first kappa shape index (κ1) is 27.7. The molecule has 4 aromatic rings. The van der Waals surface area contributed by atoms with Crippen LogP contribution in [0.1, 0.15) is 41.6 Å². The number of fused-ring (bicyclic) bond motifs is 1. The number of aromatic nitrogens is 1. The molecule has 2 heterocycles. The quantitative estimate of drug-likeness (QED) is 0.153. The van der Waals surface area contributed by atoms with Crippen LogP contribution in [-0.2, 0) is 0 Å². The third-order valence-electron chi connectivity index (χ3n) is 7.40. The van der Waals surface area contributed by atoms with E-state index in [2.05, 4.69) is 37.7 Å². The van der Waals surface area contributed by atoms with E-state index in [9.17, 15) is 10.4 Å². The second kappa shape index (κ2) is 11.4. The Kier molecular flexibility index (Phi) is 7.56. The van der Waals surface area contributed by atoms with Crippen molar-refractivity contribution in [3.05, 3.63) is 113 Å². The molecule has 8 nitrogen and oxygen atoms in total. The number of nitriles is 1. The Balaban J connectivity index is 1.43. The van der Waals surface area contributed by atoms with E-state index in [1.807, 2.05) is 36.5 Å². The Labute approximate surface area is 246 Å². The molecule has 1 aliphatic heterocycles. The Morgan fingerprint density at radius 2 is 1.76 bits per heavy atom. The molecule has 1 aliphatic carbocycles. The predicted molar refractivity (Wildman–Crippen MR) is 158 cm³/mol. The highest BCUT2D eigenvalue weighted by atomic mass is 35.5. The van der Waals surface area contributed by atoms with Crippen LogP contribution in [0.3, 0.4) is 0 Å². The van der Waals surface area contributed by atoms with Gasteiger partial charge in [-0.05, 0) is 36.1 Å². The summed E-state index contributed by atoms with van der Waals surface area (Å²) in [5, 5.41) is 28.6. The maximum absolute atomic E-state index is 15.1. The fraction of sp³-hybridized carbons (Fsp3) is 0.226. The van der Waals surface area contributed by atoms with Gasteiger partial charge in [-0.1, -0.05) is 72.3 Å². The number of rotatable bonds is 10. The Hall–Kier alpha value is -4.43. The summed E-state index contributed by atoms with van der Waals surface area (Å²) < 4.78 is 30.3. The highest BCUT2D eigenvalue weighted by molar-refractivity contribution is 6.35. The number of hydrogen-bond donors (Lipinski definition) is 5. The van der Waals surface area contributed by atoms with Gasteiger partial charge in [0.25, 0.3) is 5.92 Å². The fourth-order valence-corrected chi connectivity index (χ4v) is 5.36. The molecule has 0 saturated heterocycles. The minimum atomic E-state index is -3.54. The third kappa shape index (κ3) is 5.54.